The van der Waals surface area contributed by atoms with Gasteiger partial charge in [-0.3, -0.25) is 0 Å². The molecule has 0 aliphatic carbocycles. The molecule has 2 aromatic rings. The van der Waals surface area contributed by atoms with E-state index in [1.165, 1.54) is 0 Å². The number of fused-ring (bicyclic) bond motifs is 1. The first-order valence-electron chi connectivity index (χ1n) is 4.89. The third-order valence-electron chi connectivity index (χ3n) is 2.51. The Kier molecular flexibility index (Phi) is 2.23. The summed E-state index contributed by atoms with van der Waals surface area (Å²) in [6, 6.07) is 3.40. The van der Waals surface area contributed by atoms with Crippen molar-refractivity contribution in [1.82, 2.24) is 9.55 Å². The normalized spacial score (nSPS) is 11.1. The van der Waals surface area contributed by atoms with Crippen LogP contribution in [-0.2, 0) is 13.0 Å². The van der Waals surface area contributed by atoms with Crippen LogP contribution in [0.3, 0.4) is 0 Å². The minimum absolute atomic E-state index is 0.129. The first-order chi connectivity index (χ1) is 6.76. The molecule has 74 valence electrons. The molecule has 1 heterocycles. The van der Waals surface area contributed by atoms with Gasteiger partial charge in [-0.15, -0.1) is 0 Å². The van der Waals surface area contributed by atoms with Gasteiger partial charge in [0.15, 0.2) is 0 Å². The molecule has 3 heteroatoms. The Balaban J connectivity index is 2.69. The lowest BCUT2D eigenvalue weighted by Crippen LogP contribution is -1.93. The molecule has 0 saturated heterocycles. The number of aryl methyl sites for hydroxylation is 2. The van der Waals surface area contributed by atoms with Crippen molar-refractivity contribution < 1.29 is 4.39 Å². The van der Waals surface area contributed by atoms with Gasteiger partial charge in [0.2, 0.25) is 0 Å². The van der Waals surface area contributed by atoms with Crippen LogP contribution in [0.2, 0.25) is 0 Å². The first-order valence-corrected chi connectivity index (χ1v) is 4.89. The number of rotatable bonds is 2. The van der Waals surface area contributed by atoms with Gasteiger partial charge in [-0.1, -0.05) is 6.92 Å². The average Bonchev–Trinajstić information content (AvgIpc) is 2.58. The largest absolute Gasteiger partial charge is 0.331 e. The van der Waals surface area contributed by atoms with E-state index in [1.54, 1.807) is 12.4 Å². The van der Waals surface area contributed by atoms with Gasteiger partial charge in [-0.05, 0) is 25.0 Å². The van der Waals surface area contributed by atoms with Crippen LogP contribution in [0.15, 0.2) is 18.5 Å². The topological polar surface area (TPSA) is 17.8 Å². The molecule has 2 rings (SSSR count). The Morgan fingerprint density at radius 2 is 2.14 bits per heavy atom. The predicted octanol–water partition coefficient (Wildman–Crippen LogP) is 2.76. The molecule has 0 radical (unpaired) electrons. The van der Waals surface area contributed by atoms with Crippen LogP contribution >= 0.6 is 0 Å². The van der Waals surface area contributed by atoms with Crippen molar-refractivity contribution in [3.05, 3.63) is 29.8 Å². The average molecular weight is 192 g/mol. The Morgan fingerprint density at radius 1 is 1.36 bits per heavy atom. The quantitative estimate of drug-likeness (QED) is 0.715. The molecule has 0 unspecified atom stereocenters. The molecule has 1 aromatic carbocycles. The van der Waals surface area contributed by atoms with Crippen LogP contribution in [0, 0.1) is 5.82 Å². The molecule has 1 aromatic heterocycles. The molecule has 0 saturated carbocycles. The van der Waals surface area contributed by atoms with Crippen molar-refractivity contribution in [3.63, 3.8) is 0 Å². The Bertz CT molecular complexity index is 460. The van der Waals surface area contributed by atoms with Gasteiger partial charge < -0.3 is 4.57 Å². The summed E-state index contributed by atoms with van der Waals surface area (Å²) in [5.74, 6) is -0.129. The predicted molar refractivity (Wildman–Crippen MR) is 54.7 cm³/mol. The SMILES string of the molecule is CCc1cc2ncn(CC)c2cc1F. The lowest BCUT2D eigenvalue weighted by atomic mass is 10.1. The molecule has 0 aliphatic rings. The molecular formula is C11H13FN2. The summed E-state index contributed by atoms with van der Waals surface area (Å²) in [4.78, 5) is 4.24. The lowest BCUT2D eigenvalue weighted by Gasteiger charge is -2.02. The third kappa shape index (κ3) is 1.29. The second-order valence-electron chi connectivity index (χ2n) is 3.32. The van der Waals surface area contributed by atoms with Crippen molar-refractivity contribution in [2.24, 2.45) is 0 Å². The molecule has 14 heavy (non-hydrogen) atoms. The second kappa shape index (κ2) is 3.40. The number of hydrogen-bond donors (Lipinski definition) is 0. The summed E-state index contributed by atoms with van der Waals surface area (Å²) in [6.45, 7) is 4.79. The van der Waals surface area contributed by atoms with Crippen molar-refractivity contribution in [2.45, 2.75) is 26.8 Å². The van der Waals surface area contributed by atoms with Gasteiger partial charge in [0, 0.05) is 12.6 Å². The van der Waals surface area contributed by atoms with Crippen molar-refractivity contribution in [1.29, 1.82) is 0 Å². The number of aromatic nitrogens is 2. The van der Waals surface area contributed by atoms with E-state index in [2.05, 4.69) is 4.98 Å². The lowest BCUT2D eigenvalue weighted by molar-refractivity contribution is 0.613. The molecule has 0 atom stereocenters. The zero-order valence-corrected chi connectivity index (χ0v) is 8.42. The van der Waals surface area contributed by atoms with Crippen molar-refractivity contribution in [3.8, 4) is 0 Å². The highest BCUT2D eigenvalue weighted by Gasteiger charge is 2.06. The van der Waals surface area contributed by atoms with Gasteiger partial charge in [0.1, 0.15) is 5.82 Å². The molecule has 0 amide bonds. The fourth-order valence-corrected chi connectivity index (χ4v) is 1.65. The van der Waals surface area contributed by atoms with Gasteiger partial charge >= 0.3 is 0 Å². The smallest absolute Gasteiger partial charge is 0.128 e. The van der Waals surface area contributed by atoms with E-state index >= 15 is 0 Å². The fraction of sp³-hybridized carbons (Fsp3) is 0.364. The maximum absolute atomic E-state index is 13.5. The molecule has 2 nitrogen and oxygen atoms in total. The highest BCUT2D eigenvalue weighted by Crippen LogP contribution is 2.18. The monoisotopic (exact) mass is 192 g/mol. The van der Waals surface area contributed by atoms with E-state index < -0.39 is 0 Å². The highest BCUT2D eigenvalue weighted by molar-refractivity contribution is 5.76. The number of nitrogens with zero attached hydrogens (tertiary/aromatic N) is 2. The van der Waals surface area contributed by atoms with Crippen LogP contribution in [0.1, 0.15) is 19.4 Å². The summed E-state index contributed by atoms with van der Waals surface area (Å²) in [7, 11) is 0. The van der Waals surface area contributed by atoms with Crippen LogP contribution in [0.25, 0.3) is 11.0 Å². The second-order valence-corrected chi connectivity index (χ2v) is 3.32. The minimum Gasteiger partial charge on any atom is -0.331 e. The molecular weight excluding hydrogens is 179 g/mol. The summed E-state index contributed by atoms with van der Waals surface area (Å²) >= 11 is 0. The van der Waals surface area contributed by atoms with Crippen LogP contribution in [0.4, 0.5) is 4.39 Å². The van der Waals surface area contributed by atoms with E-state index in [0.717, 1.165) is 23.1 Å². The molecule has 0 fully saturated rings. The summed E-state index contributed by atoms with van der Waals surface area (Å²) < 4.78 is 15.4. The summed E-state index contributed by atoms with van der Waals surface area (Å²) in [5.41, 5.74) is 2.49. The van der Waals surface area contributed by atoms with E-state index in [9.17, 15) is 4.39 Å². The molecule has 0 N–H and O–H groups in total. The molecule has 0 aliphatic heterocycles. The third-order valence-corrected chi connectivity index (χ3v) is 2.51. The van der Waals surface area contributed by atoms with Crippen LogP contribution in [0.5, 0.6) is 0 Å². The first kappa shape index (κ1) is 9.19. The number of imidazole rings is 1. The highest BCUT2D eigenvalue weighted by atomic mass is 19.1. The van der Waals surface area contributed by atoms with Gasteiger partial charge in [-0.2, -0.15) is 0 Å². The van der Waals surface area contributed by atoms with Gasteiger partial charge in [0.05, 0.1) is 17.4 Å². The van der Waals surface area contributed by atoms with Crippen LogP contribution < -0.4 is 0 Å². The van der Waals surface area contributed by atoms with Gasteiger partial charge in [-0.25, -0.2) is 9.37 Å². The summed E-state index contributed by atoms with van der Waals surface area (Å²) in [6.07, 6.45) is 2.46. The van der Waals surface area contributed by atoms with Crippen molar-refractivity contribution in [2.75, 3.05) is 0 Å². The molecule has 0 bridgehead atoms. The maximum atomic E-state index is 13.5. The number of halogens is 1. The Labute approximate surface area is 82.4 Å². The van der Waals surface area contributed by atoms with E-state index in [0.29, 0.717) is 6.42 Å². The number of benzene rings is 1. The minimum atomic E-state index is -0.129. The van der Waals surface area contributed by atoms with Crippen LogP contribution in [-0.4, -0.2) is 9.55 Å². The number of hydrogen-bond acceptors (Lipinski definition) is 1. The molecule has 0 spiro atoms. The van der Waals surface area contributed by atoms with Crippen molar-refractivity contribution >= 4 is 11.0 Å². The standard InChI is InChI=1S/C11H13FN2/c1-3-8-5-10-11(6-9(8)12)14(4-2)7-13-10/h5-7H,3-4H2,1-2H3. The zero-order valence-electron chi connectivity index (χ0n) is 8.42. The zero-order chi connectivity index (χ0) is 10.1. The van der Waals surface area contributed by atoms with Gasteiger partial charge in [0.25, 0.3) is 0 Å². The Hall–Kier alpha value is -1.38. The van der Waals surface area contributed by atoms with E-state index in [1.807, 2.05) is 24.5 Å². The fourth-order valence-electron chi connectivity index (χ4n) is 1.65. The summed E-state index contributed by atoms with van der Waals surface area (Å²) in [5, 5.41) is 0. The van der Waals surface area contributed by atoms with E-state index in [4.69, 9.17) is 0 Å². The maximum Gasteiger partial charge on any atom is 0.128 e. The van der Waals surface area contributed by atoms with E-state index in [-0.39, 0.29) is 5.82 Å². The Morgan fingerprint density at radius 3 is 2.79 bits per heavy atom.